The van der Waals surface area contributed by atoms with Crippen LogP contribution in [0.1, 0.15) is 30.9 Å². The van der Waals surface area contributed by atoms with Gasteiger partial charge >= 0.3 is 0 Å². The Morgan fingerprint density at radius 3 is 2.38 bits per heavy atom. The molecule has 0 saturated carbocycles. The molecule has 0 unspecified atom stereocenters. The Hall–Kier alpha value is -0.900. The highest BCUT2D eigenvalue weighted by atomic mass is 35.5. The van der Waals surface area contributed by atoms with Crippen LogP contribution in [-0.2, 0) is 0 Å². The van der Waals surface area contributed by atoms with Gasteiger partial charge in [0.15, 0.2) is 6.29 Å². The molecule has 0 saturated heterocycles. The first-order chi connectivity index (χ1) is 7.41. The zero-order chi connectivity index (χ0) is 12.3. The molecule has 0 spiro atoms. The summed E-state index contributed by atoms with van der Waals surface area (Å²) in [6.45, 7) is 3.72. The first kappa shape index (κ1) is 13.2. The number of halogens is 2. The van der Waals surface area contributed by atoms with Crippen molar-refractivity contribution in [2.75, 3.05) is 0 Å². The maximum Gasteiger partial charge on any atom is 0.171 e. The van der Waals surface area contributed by atoms with Crippen molar-refractivity contribution in [3.05, 3.63) is 40.2 Å². The van der Waals surface area contributed by atoms with Gasteiger partial charge in [-0.05, 0) is 29.7 Å². The molecule has 2 N–H and O–H groups in total. The lowest BCUT2D eigenvalue weighted by Gasteiger charge is -2.10. The number of rotatable bonds is 3. The van der Waals surface area contributed by atoms with Crippen LogP contribution in [0.4, 0.5) is 4.39 Å². The highest BCUT2D eigenvalue weighted by Gasteiger charge is 2.12. The molecule has 16 heavy (non-hydrogen) atoms. The molecule has 0 aliphatic carbocycles. The molecular formula is C12H14ClFO2. The van der Waals surface area contributed by atoms with Gasteiger partial charge in [0.2, 0.25) is 0 Å². The van der Waals surface area contributed by atoms with Crippen molar-refractivity contribution >= 4 is 17.7 Å². The van der Waals surface area contributed by atoms with Gasteiger partial charge in [0.25, 0.3) is 0 Å². The predicted octanol–water partition coefficient (Wildman–Crippen LogP) is 2.93. The smallest absolute Gasteiger partial charge is 0.171 e. The second-order valence-electron chi connectivity index (χ2n) is 3.83. The third kappa shape index (κ3) is 3.30. The van der Waals surface area contributed by atoms with E-state index in [1.807, 2.05) is 13.8 Å². The standard InChI is InChI=1S/C12H14ClFO2/c1-7(2)12-9(13)5-8(6-10(12)14)3-4-11(15)16/h3-7,11,15-16H,1-2H3/b4-3+. The Morgan fingerprint density at radius 1 is 1.31 bits per heavy atom. The van der Waals surface area contributed by atoms with Crippen molar-refractivity contribution in [2.24, 2.45) is 0 Å². The molecule has 0 heterocycles. The van der Waals surface area contributed by atoms with Crippen LogP contribution < -0.4 is 0 Å². The third-order valence-electron chi connectivity index (χ3n) is 2.14. The minimum absolute atomic E-state index is 0.00830. The maximum absolute atomic E-state index is 13.6. The summed E-state index contributed by atoms with van der Waals surface area (Å²) in [4.78, 5) is 0. The van der Waals surface area contributed by atoms with Gasteiger partial charge in [-0.1, -0.05) is 31.5 Å². The molecule has 0 amide bonds. The van der Waals surface area contributed by atoms with E-state index >= 15 is 0 Å². The second-order valence-corrected chi connectivity index (χ2v) is 4.23. The molecule has 0 radical (unpaired) electrons. The fourth-order valence-corrected chi connectivity index (χ4v) is 1.88. The lowest BCUT2D eigenvalue weighted by atomic mass is 10.0. The summed E-state index contributed by atoms with van der Waals surface area (Å²) in [5.74, 6) is -0.372. The molecule has 2 nitrogen and oxygen atoms in total. The summed E-state index contributed by atoms with van der Waals surface area (Å²) in [5, 5.41) is 17.6. The minimum Gasteiger partial charge on any atom is -0.365 e. The molecule has 0 aliphatic heterocycles. The summed E-state index contributed by atoms with van der Waals surface area (Å²) in [7, 11) is 0. The highest BCUT2D eigenvalue weighted by Crippen LogP contribution is 2.28. The average molecular weight is 245 g/mol. The topological polar surface area (TPSA) is 40.5 Å². The van der Waals surface area contributed by atoms with E-state index in [0.29, 0.717) is 16.1 Å². The van der Waals surface area contributed by atoms with E-state index in [-0.39, 0.29) is 11.7 Å². The third-order valence-corrected chi connectivity index (χ3v) is 2.45. The van der Waals surface area contributed by atoms with Crippen molar-refractivity contribution in [3.8, 4) is 0 Å². The predicted molar refractivity (Wildman–Crippen MR) is 62.8 cm³/mol. The first-order valence-electron chi connectivity index (χ1n) is 4.95. The molecule has 1 aromatic carbocycles. The molecule has 0 aliphatic rings. The van der Waals surface area contributed by atoms with E-state index in [9.17, 15) is 4.39 Å². The van der Waals surface area contributed by atoms with Gasteiger partial charge in [-0.25, -0.2) is 4.39 Å². The summed E-state index contributed by atoms with van der Waals surface area (Å²) in [5.41, 5.74) is 0.975. The number of aliphatic hydroxyl groups is 2. The van der Waals surface area contributed by atoms with Gasteiger partial charge in [0.05, 0.1) is 0 Å². The van der Waals surface area contributed by atoms with Crippen molar-refractivity contribution in [2.45, 2.75) is 26.1 Å². The Morgan fingerprint density at radius 2 is 1.94 bits per heavy atom. The maximum atomic E-state index is 13.6. The fourth-order valence-electron chi connectivity index (χ4n) is 1.45. The molecule has 1 aromatic rings. The molecular weight excluding hydrogens is 231 g/mol. The quantitative estimate of drug-likeness (QED) is 0.803. The van der Waals surface area contributed by atoms with E-state index in [1.54, 1.807) is 6.07 Å². The lowest BCUT2D eigenvalue weighted by Crippen LogP contribution is -1.98. The highest BCUT2D eigenvalue weighted by molar-refractivity contribution is 6.31. The van der Waals surface area contributed by atoms with E-state index < -0.39 is 6.29 Å². The van der Waals surface area contributed by atoms with Crippen molar-refractivity contribution in [1.82, 2.24) is 0 Å². The van der Waals surface area contributed by atoms with E-state index in [2.05, 4.69) is 0 Å². The van der Waals surface area contributed by atoms with Crippen LogP contribution in [0.25, 0.3) is 6.08 Å². The van der Waals surface area contributed by atoms with Crippen LogP contribution >= 0.6 is 11.6 Å². The Bertz CT molecular complexity index is 377. The Kier molecular flexibility index (Phi) is 4.47. The van der Waals surface area contributed by atoms with Crippen LogP contribution in [0.3, 0.4) is 0 Å². The van der Waals surface area contributed by atoms with Crippen LogP contribution in [0.5, 0.6) is 0 Å². The zero-order valence-corrected chi connectivity index (χ0v) is 9.87. The summed E-state index contributed by atoms with van der Waals surface area (Å²) in [6, 6.07) is 2.92. The number of benzene rings is 1. The Balaban J connectivity index is 3.10. The molecule has 0 atom stereocenters. The number of hydrogen-bond donors (Lipinski definition) is 2. The van der Waals surface area contributed by atoms with Crippen molar-refractivity contribution in [1.29, 1.82) is 0 Å². The summed E-state index contributed by atoms with van der Waals surface area (Å²) >= 11 is 5.95. The van der Waals surface area contributed by atoms with Gasteiger partial charge in [0.1, 0.15) is 5.82 Å². The van der Waals surface area contributed by atoms with E-state index in [4.69, 9.17) is 21.8 Å². The van der Waals surface area contributed by atoms with Crippen LogP contribution in [0.15, 0.2) is 18.2 Å². The second kappa shape index (κ2) is 5.43. The average Bonchev–Trinajstić information content (AvgIpc) is 2.12. The molecule has 0 aromatic heterocycles. The SMILES string of the molecule is CC(C)c1c(F)cc(/C=C/C(O)O)cc1Cl. The van der Waals surface area contributed by atoms with Gasteiger partial charge in [-0.15, -0.1) is 0 Å². The van der Waals surface area contributed by atoms with Crippen molar-refractivity contribution < 1.29 is 14.6 Å². The number of aliphatic hydroxyl groups excluding tert-OH is 1. The number of hydrogen-bond acceptors (Lipinski definition) is 2. The summed E-state index contributed by atoms with van der Waals surface area (Å²) in [6.07, 6.45) is 0.996. The molecule has 88 valence electrons. The minimum atomic E-state index is -1.55. The Labute approximate surface area is 99.0 Å². The van der Waals surface area contributed by atoms with Crippen LogP contribution in [0.2, 0.25) is 5.02 Å². The molecule has 1 rings (SSSR count). The van der Waals surface area contributed by atoms with E-state index in [0.717, 1.165) is 6.08 Å². The lowest BCUT2D eigenvalue weighted by molar-refractivity contribution is 0.00303. The van der Waals surface area contributed by atoms with Crippen LogP contribution in [-0.4, -0.2) is 16.5 Å². The normalized spacial score (nSPS) is 12.0. The van der Waals surface area contributed by atoms with Gasteiger partial charge < -0.3 is 10.2 Å². The van der Waals surface area contributed by atoms with Gasteiger partial charge in [-0.3, -0.25) is 0 Å². The first-order valence-corrected chi connectivity index (χ1v) is 5.33. The van der Waals surface area contributed by atoms with Crippen molar-refractivity contribution in [3.63, 3.8) is 0 Å². The fraction of sp³-hybridized carbons (Fsp3) is 0.333. The molecule has 0 fully saturated rings. The molecule has 0 bridgehead atoms. The molecule has 4 heteroatoms. The van der Waals surface area contributed by atoms with E-state index in [1.165, 1.54) is 12.1 Å². The largest absolute Gasteiger partial charge is 0.365 e. The van der Waals surface area contributed by atoms with Gasteiger partial charge in [0, 0.05) is 10.6 Å². The zero-order valence-electron chi connectivity index (χ0n) is 9.11. The van der Waals surface area contributed by atoms with Gasteiger partial charge in [-0.2, -0.15) is 0 Å². The summed E-state index contributed by atoms with van der Waals surface area (Å²) < 4.78 is 13.6. The van der Waals surface area contributed by atoms with Crippen LogP contribution in [0, 0.1) is 5.82 Å². The monoisotopic (exact) mass is 244 g/mol.